The molecule has 1 saturated heterocycles. The number of hydrogen-bond donors (Lipinski definition) is 1. The zero-order valence-corrected chi connectivity index (χ0v) is 17.3. The van der Waals surface area contributed by atoms with E-state index in [-0.39, 0.29) is 23.3 Å². The Bertz CT molecular complexity index is 907. The second-order valence-corrected chi connectivity index (χ2v) is 10.1. The molecule has 1 aliphatic heterocycles. The molecule has 7 nitrogen and oxygen atoms in total. The first-order chi connectivity index (χ1) is 12.8. The van der Waals surface area contributed by atoms with Gasteiger partial charge in [0.1, 0.15) is 5.01 Å². The Morgan fingerprint density at radius 3 is 2.59 bits per heavy atom. The van der Waals surface area contributed by atoms with Crippen molar-refractivity contribution in [1.29, 1.82) is 0 Å². The topological polar surface area (TPSA) is 92.3 Å². The van der Waals surface area contributed by atoms with Gasteiger partial charge in [-0.15, -0.1) is 10.2 Å². The highest BCUT2D eigenvalue weighted by Gasteiger charge is 2.33. The summed E-state index contributed by atoms with van der Waals surface area (Å²) in [6.45, 7) is 6.55. The Kier molecular flexibility index (Phi) is 5.92. The van der Waals surface area contributed by atoms with Crippen LogP contribution in [0.2, 0.25) is 0 Å². The highest BCUT2D eigenvalue weighted by molar-refractivity contribution is 7.89. The Morgan fingerprint density at radius 1 is 1.26 bits per heavy atom. The summed E-state index contributed by atoms with van der Waals surface area (Å²) in [5, 5.41) is 12.2. The molecule has 27 heavy (non-hydrogen) atoms. The normalized spacial score (nSPS) is 18.6. The number of anilines is 1. The lowest BCUT2D eigenvalue weighted by Crippen LogP contribution is -2.43. The molecule has 1 atom stereocenters. The van der Waals surface area contributed by atoms with Crippen molar-refractivity contribution in [1.82, 2.24) is 14.5 Å². The third kappa shape index (κ3) is 4.53. The fourth-order valence-electron chi connectivity index (χ4n) is 2.96. The van der Waals surface area contributed by atoms with Crippen LogP contribution in [0, 0.1) is 12.8 Å². The average molecular weight is 409 g/mol. The smallest absolute Gasteiger partial charge is 0.243 e. The van der Waals surface area contributed by atoms with Gasteiger partial charge in [-0.25, -0.2) is 8.42 Å². The van der Waals surface area contributed by atoms with Crippen molar-refractivity contribution < 1.29 is 13.2 Å². The predicted octanol–water partition coefficient (Wildman–Crippen LogP) is 3.01. The summed E-state index contributed by atoms with van der Waals surface area (Å²) in [6, 6.07) is 6.79. The van der Waals surface area contributed by atoms with Crippen molar-refractivity contribution in [3.8, 4) is 0 Å². The van der Waals surface area contributed by atoms with Gasteiger partial charge in [-0.3, -0.25) is 4.79 Å². The standard InChI is InChI=1S/C18H24N4O3S2/c1-12(2)17-20-21-18(26-17)19-16(23)14-5-4-10-22(11-14)27(24,25)15-8-6-13(3)7-9-15/h6-9,12,14H,4-5,10-11H2,1-3H3,(H,19,21,23)/t14-/m1/s1. The van der Waals surface area contributed by atoms with Crippen molar-refractivity contribution in [2.75, 3.05) is 18.4 Å². The number of amides is 1. The quantitative estimate of drug-likeness (QED) is 0.821. The highest BCUT2D eigenvalue weighted by Crippen LogP contribution is 2.27. The molecule has 1 N–H and O–H groups in total. The maximum Gasteiger partial charge on any atom is 0.243 e. The van der Waals surface area contributed by atoms with E-state index in [1.165, 1.54) is 15.6 Å². The second-order valence-electron chi connectivity index (χ2n) is 7.10. The summed E-state index contributed by atoms with van der Waals surface area (Å²) >= 11 is 1.35. The van der Waals surface area contributed by atoms with Crippen LogP contribution < -0.4 is 5.32 Å². The number of hydrogen-bond acceptors (Lipinski definition) is 6. The molecule has 0 spiro atoms. The van der Waals surface area contributed by atoms with Crippen LogP contribution in [-0.2, 0) is 14.8 Å². The minimum absolute atomic E-state index is 0.178. The number of nitrogens with one attached hydrogen (secondary N) is 1. The fraction of sp³-hybridized carbons (Fsp3) is 0.500. The maximum atomic E-state index is 12.9. The molecule has 0 bridgehead atoms. The fourth-order valence-corrected chi connectivity index (χ4v) is 5.23. The monoisotopic (exact) mass is 408 g/mol. The van der Waals surface area contributed by atoms with Gasteiger partial charge in [0.25, 0.3) is 0 Å². The van der Waals surface area contributed by atoms with Crippen LogP contribution in [0.3, 0.4) is 0 Å². The summed E-state index contributed by atoms with van der Waals surface area (Å²) in [4.78, 5) is 12.9. The van der Waals surface area contributed by atoms with Crippen LogP contribution in [0.5, 0.6) is 0 Å². The number of nitrogens with zero attached hydrogens (tertiary/aromatic N) is 3. The van der Waals surface area contributed by atoms with Gasteiger partial charge in [-0.05, 0) is 31.9 Å². The summed E-state index contributed by atoms with van der Waals surface area (Å²) < 4.78 is 27.2. The highest BCUT2D eigenvalue weighted by atomic mass is 32.2. The minimum atomic E-state index is -3.60. The summed E-state index contributed by atoms with van der Waals surface area (Å²) in [6.07, 6.45) is 1.30. The van der Waals surface area contributed by atoms with Crippen LogP contribution >= 0.6 is 11.3 Å². The second kappa shape index (κ2) is 8.04. The molecule has 9 heteroatoms. The van der Waals surface area contributed by atoms with E-state index in [9.17, 15) is 13.2 Å². The van der Waals surface area contributed by atoms with Gasteiger partial charge >= 0.3 is 0 Å². The van der Waals surface area contributed by atoms with Crippen LogP contribution in [0.1, 0.15) is 43.2 Å². The van der Waals surface area contributed by atoms with E-state index < -0.39 is 15.9 Å². The third-order valence-electron chi connectivity index (χ3n) is 4.58. The molecule has 0 saturated carbocycles. The largest absolute Gasteiger partial charge is 0.300 e. The Labute approximate surface area is 163 Å². The van der Waals surface area contributed by atoms with Crippen LogP contribution in [0.4, 0.5) is 5.13 Å². The van der Waals surface area contributed by atoms with E-state index in [0.717, 1.165) is 10.6 Å². The van der Waals surface area contributed by atoms with Crippen molar-refractivity contribution in [2.45, 2.75) is 44.4 Å². The van der Waals surface area contributed by atoms with Crippen molar-refractivity contribution in [3.05, 3.63) is 34.8 Å². The molecular weight excluding hydrogens is 384 g/mol. The lowest BCUT2D eigenvalue weighted by Gasteiger charge is -2.31. The average Bonchev–Trinajstić information content (AvgIpc) is 3.11. The number of carbonyl (C=O) groups excluding carboxylic acids is 1. The molecule has 0 radical (unpaired) electrons. The van der Waals surface area contributed by atoms with Crippen LogP contribution in [0.25, 0.3) is 0 Å². The van der Waals surface area contributed by atoms with Gasteiger partial charge in [0.05, 0.1) is 10.8 Å². The van der Waals surface area contributed by atoms with Gasteiger partial charge in [0.15, 0.2) is 0 Å². The van der Waals surface area contributed by atoms with E-state index in [1.807, 2.05) is 20.8 Å². The number of aryl methyl sites for hydroxylation is 1. The lowest BCUT2D eigenvalue weighted by molar-refractivity contribution is -0.120. The van der Waals surface area contributed by atoms with Gasteiger partial charge in [0.2, 0.25) is 21.1 Å². The molecule has 1 fully saturated rings. The van der Waals surface area contributed by atoms with E-state index >= 15 is 0 Å². The predicted molar refractivity (Wildman–Crippen MR) is 105 cm³/mol. The van der Waals surface area contributed by atoms with Gasteiger partial charge in [-0.2, -0.15) is 4.31 Å². The zero-order valence-electron chi connectivity index (χ0n) is 15.7. The molecule has 1 aromatic heterocycles. The first kappa shape index (κ1) is 19.9. The van der Waals surface area contributed by atoms with E-state index in [4.69, 9.17) is 0 Å². The minimum Gasteiger partial charge on any atom is -0.300 e. The number of carbonyl (C=O) groups is 1. The van der Waals surface area contributed by atoms with Crippen molar-refractivity contribution in [2.24, 2.45) is 5.92 Å². The third-order valence-corrected chi connectivity index (χ3v) is 7.60. The molecular formula is C18H24N4O3S2. The van der Waals surface area contributed by atoms with Gasteiger partial charge in [0, 0.05) is 19.0 Å². The first-order valence-electron chi connectivity index (χ1n) is 8.98. The molecule has 2 aromatic rings. The Morgan fingerprint density at radius 2 is 1.96 bits per heavy atom. The summed E-state index contributed by atoms with van der Waals surface area (Å²) in [5.74, 6) is -0.353. The number of benzene rings is 1. The molecule has 1 amide bonds. The van der Waals surface area contributed by atoms with E-state index in [0.29, 0.717) is 24.5 Å². The zero-order chi connectivity index (χ0) is 19.6. The van der Waals surface area contributed by atoms with Crippen LogP contribution in [0.15, 0.2) is 29.2 Å². The number of sulfonamides is 1. The number of piperidine rings is 1. The Balaban J connectivity index is 1.69. The van der Waals surface area contributed by atoms with Gasteiger partial charge in [-0.1, -0.05) is 42.9 Å². The van der Waals surface area contributed by atoms with E-state index in [1.54, 1.807) is 24.3 Å². The van der Waals surface area contributed by atoms with Gasteiger partial charge < -0.3 is 5.32 Å². The maximum absolute atomic E-state index is 12.9. The first-order valence-corrected chi connectivity index (χ1v) is 11.2. The van der Waals surface area contributed by atoms with Crippen molar-refractivity contribution in [3.63, 3.8) is 0 Å². The molecule has 0 unspecified atom stereocenters. The van der Waals surface area contributed by atoms with E-state index in [2.05, 4.69) is 15.5 Å². The molecule has 1 aromatic carbocycles. The molecule has 2 heterocycles. The summed E-state index contributed by atoms with van der Waals surface area (Å²) in [5.41, 5.74) is 1.00. The SMILES string of the molecule is Cc1ccc(S(=O)(=O)N2CCC[C@@H](C(=O)Nc3nnc(C(C)C)s3)C2)cc1. The molecule has 146 valence electrons. The number of aromatic nitrogens is 2. The summed E-state index contributed by atoms with van der Waals surface area (Å²) in [7, 11) is -3.60. The molecule has 3 rings (SSSR count). The number of rotatable bonds is 5. The molecule has 0 aliphatic carbocycles. The van der Waals surface area contributed by atoms with Crippen LogP contribution in [-0.4, -0.2) is 41.9 Å². The Hall–Kier alpha value is -1.84. The van der Waals surface area contributed by atoms with Crippen molar-refractivity contribution >= 4 is 32.4 Å². The molecule has 1 aliphatic rings. The lowest BCUT2D eigenvalue weighted by atomic mass is 9.99.